The van der Waals surface area contributed by atoms with Crippen LogP contribution in [0.1, 0.15) is 41.8 Å². The lowest BCUT2D eigenvalue weighted by atomic mass is 9.77. The number of hydrogen-bond donors (Lipinski definition) is 4. The van der Waals surface area contributed by atoms with Crippen molar-refractivity contribution in [3.8, 4) is 0 Å². The predicted octanol–water partition coefficient (Wildman–Crippen LogP) is 3.48. The van der Waals surface area contributed by atoms with Gasteiger partial charge in [-0.15, -0.1) is 11.3 Å². The predicted molar refractivity (Wildman–Crippen MR) is 107 cm³/mol. The Balaban J connectivity index is 1.74. The van der Waals surface area contributed by atoms with E-state index in [4.69, 9.17) is 17.3 Å². The number of hydrogen-bond acceptors (Lipinski definition) is 5. The number of nitrogens with two attached hydrogens (primary N) is 1. The Kier molecular flexibility index (Phi) is 4.79. The van der Waals surface area contributed by atoms with Gasteiger partial charge in [-0.2, -0.15) is 5.10 Å². The first-order valence-electron chi connectivity index (χ1n) is 8.86. The number of para-hydroxylation sites is 1. The molecule has 7 heteroatoms. The molecule has 1 fully saturated rings. The van der Waals surface area contributed by atoms with Gasteiger partial charge >= 0.3 is 0 Å². The second-order valence-corrected chi connectivity index (χ2v) is 8.93. The second-order valence-electron chi connectivity index (χ2n) is 7.24. The molecule has 0 saturated carbocycles. The van der Waals surface area contributed by atoms with Crippen LogP contribution in [-0.2, 0) is 12.0 Å². The highest BCUT2D eigenvalue weighted by molar-refractivity contribution is 7.16. The van der Waals surface area contributed by atoms with E-state index in [2.05, 4.69) is 40.6 Å². The first-order chi connectivity index (χ1) is 12.5. The SMILES string of the molecule is CC1CC(N)(c2sc(Cl)cc2CCO)CC(c2cccc3cn[nH]c23)N1. The number of halogens is 1. The van der Waals surface area contributed by atoms with Gasteiger partial charge in [-0.05, 0) is 43.4 Å². The molecule has 0 radical (unpaired) electrons. The Morgan fingerprint density at radius 3 is 3.08 bits per heavy atom. The Labute approximate surface area is 161 Å². The number of rotatable bonds is 4. The fraction of sp³-hybridized carbons (Fsp3) is 0.421. The van der Waals surface area contributed by atoms with Crippen molar-refractivity contribution in [2.24, 2.45) is 5.73 Å². The second kappa shape index (κ2) is 6.94. The molecule has 2 aromatic heterocycles. The molecule has 138 valence electrons. The molecular weight excluding hydrogens is 368 g/mol. The number of benzene rings is 1. The molecule has 3 aromatic rings. The van der Waals surface area contributed by atoms with Gasteiger partial charge in [0.25, 0.3) is 0 Å². The molecule has 5 N–H and O–H groups in total. The fourth-order valence-corrected chi connectivity index (χ4v) is 5.67. The van der Waals surface area contributed by atoms with Crippen LogP contribution in [0.3, 0.4) is 0 Å². The standard InChI is InChI=1S/C19H23ClN4OS/c1-11-8-19(21,18-12(5-6-25)7-16(20)26-18)9-15(23-11)14-4-2-3-13-10-22-24-17(13)14/h2-4,7,10-11,15,23,25H,5-6,8-9,21H2,1H3,(H,22,24). The molecule has 0 aliphatic carbocycles. The van der Waals surface area contributed by atoms with Crippen LogP contribution in [0.5, 0.6) is 0 Å². The van der Waals surface area contributed by atoms with E-state index in [1.165, 1.54) is 5.56 Å². The summed E-state index contributed by atoms with van der Waals surface area (Å²) < 4.78 is 0.728. The van der Waals surface area contributed by atoms with E-state index < -0.39 is 5.54 Å². The molecule has 1 aliphatic heterocycles. The molecule has 26 heavy (non-hydrogen) atoms. The summed E-state index contributed by atoms with van der Waals surface area (Å²) in [4.78, 5) is 1.10. The summed E-state index contributed by atoms with van der Waals surface area (Å²) in [6, 6.07) is 8.58. The zero-order valence-electron chi connectivity index (χ0n) is 14.6. The summed E-state index contributed by atoms with van der Waals surface area (Å²) >= 11 is 7.83. The molecular formula is C19H23ClN4OS. The van der Waals surface area contributed by atoms with Crippen molar-refractivity contribution >= 4 is 33.8 Å². The van der Waals surface area contributed by atoms with Gasteiger partial charge in [0, 0.05) is 29.0 Å². The number of fused-ring (bicyclic) bond motifs is 1. The van der Waals surface area contributed by atoms with Crippen LogP contribution in [0.15, 0.2) is 30.5 Å². The average Bonchev–Trinajstić information content (AvgIpc) is 3.20. The molecule has 3 unspecified atom stereocenters. The summed E-state index contributed by atoms with van der Waals surface area (Å²) in [5.74, 6) is 0. The zero-order valence-corrected chi connectivity index (χ0v) is 16.2. The Bertz CT molecular complexity index is 923. The number of aromatic amines is 1. The maximum Gasteiger partial charge on any atom is 0.0934 e. The van der Waals surface area contributed by atoms with E-state index in [1.807, 2.05) is 12.3 Å². The number of aromatic nitrogens is 2. The van der Waals surface area contributed by atoms with E-state index in [9.17, 15) is 5.11 Å². The molecule has 1 saturated heterocycles. The van der Waals surface area contributed by atoms with Crippen molar-refractivity contribution in [2.75, 3.05) is 6.61 Å². The highest BCUT2D eigenvalue weighted by Gasteiger charge is 2.40. The van der Waals surface area contributed by atoms with Crippen LogP contribution in [0.2, 0.25) is 4.34 Å². The topological polar surface area (TPSA) is 87.0 Å². The monoisotopic (exact) mass is 390 g/mol. The van der Waals surface area contributed by atoms with Crippen LogP contribution < -0.4 is 11.1 Å². The van der Waals surface area contributed by atoms with Gasteiger partial charge in [0.2, 0.25) is 0 Å². The van der Waals surface area contributed by atoms with Gasteiger partial charge in [-0.1, -0.05) is 29.8 Å². The number of thiophene rings is 1. The van der Waals surface area contributed by atoms with Crippen molar-refractivity contribution in [1.82, 2.24) is 15.5 Å². The largest absolute Gasteiger partial charge is 0.396 e. The molecule has 5 nitrogen and oxygen atoms in total. The summed E-state index contributed by atoms with van der Waals surface area (Å²) in [6.45, 7) is 2.27. The third kappa shape index (κ3) is 3.17. The lowest BCUT2D eigenvalue weighted by Gasteiger charge is -2.42. The van der Waals surface area contributed by atoms with E-state index in [1.54, 1.807) is 11.3 Å². The van der Waals surface area contributed by atoms with Crippen molar-refractivity contribution < 1.29 is 5.11 Å². The first kappa shape index (κ1) is 17.9. The molecule has 0 bridgehead atoms. The lowest BCUT2D eigenvalue weighted by Crippen LogP contribution is -2.51. The third-order valence-corrected chi connectivity index (χ3v) is 6.75. The highest BCUT2D eigenvalue weighted by Crippen LogP contribution is 2.44. The van der Waals surface area contributed by atoms with E-state index in [0.717, 1.165) is 38.5 Å². The van der Waals surface area contributed by atoms with Crippen molar-refractivity contribution in [1.29, 1.82) is 0 Å². The molecule has 3 heterocycles. The highest BCUT2D eigenvalue weighted by atomic mass is 35.5. The number of H-pyrrole nitrogens is 1. The maximum absolute atomic E-state index is 9.41. The number of aliphatic hydroxyl groups excluding tert-OH is 1. The summed E-state index contributed by atoms with van der Waals surface area (Å²) in [5.41, 5.74) is 9.81. The average molecular weight is 391 g/mol. The molecule has 1 aliphatic rings. The molecule has 0 spiro atoms. The normalized spacial score (nSPS) is 26.5. The van der Waals surface area contributed by atoms with Crippen molar-refractivity contribution in [3.05, 3.63) is 50.8 Å². The Morgan fingerprint density at radius 1 is 1.42 bits per heavy atom. The van der Waals surface area contributed by atoms with Crippen molar-refractivity contribution in [3.63, 3.8) is 0 Å². The van der Waals surface area contributed by atoms with Gasteiger partial charge < -0.3 is 16.2 Å². The molecule has 3 atom stereocenters. The number of nitrogens with one attached hydrogen (secondary N) is 2. The van der Waals surface area contributed by atoms with Crippen LogP contribution in [-0.4, -0.2) is 28.0 Å². The quantitative estimate of drug-likeness (QED) is 0.549. The van der Waals surface area contributed by atoms with E-state index in [0.29, 0.717) is 6.42 Å². The first-order valence-corrected chi connectivity index (χ1v) is 10.1. The minimum Gasteiger partial charge on any atom is -0.396 e. The van der Waals surface area contributed by atoms with Gasteiger partial charge in [0.05, 0.1) is 21.6 Å². The van der Waals surface area contributed by atoms with Gasteiger partial charge in [-0.3, -0.25) is 5.10 Å². The van der Waals surface area contributed by atoms with E-state index >= 15 is 0 Å². The summed E-state index contributed by atoms with van der Waals surface area (Å²) in [5, 5.41) is 21.5. The molecule has 1 aromatic carbocycles. The lowest BCUT2D eigenvalue weighted by molar-refractivity contribution is 0.218. The number of aliphatic hydroxyl groups is 1. The Hall–Kier alpha value is -1.44. The van der Waals surface area contributed by atoms with Gasteiger partial charge in [0.1, 0.15) is 0 Å². The van der Waals surface area contributed by atoms with Crippen molar-refractivity contribution in [2.45, 2.75) is 43.8 Å². The van der Waals surface area contributed by atoms with Crippen LogP contribution in [0.25, 0.3) is 10.9 Å². The fourth-order valence-electron chi connectivity index (χ4n) is 4.25. The summed E-state index contributed by atoms with van der Waals surface area (Å²) in [6.07, 6.45) is 4.03. The molecule has 0 amide bonds. The summed E-state index contributed by atoms with van der Waals surface area (Å²) in [7, 11) is 0. The van der Waals surface area contributed by atoms with Gasteiger partial charge in [0.15, 0.2) is 0 Å². The third-order valence-electron chi connectivity index (χ3n) is 5.22. The molecule has 4 rings (SSSR count). The number of nitrogens with zero attached hydrogens (tertiary/aromatic N) is 1. The maximum atomic E-state index is 9.41. The van der Waals surface area contributed by atoms with Crippen LogP contribution >= 0.6 is 22.9 Å². The minimum absolute atomic E-state index is 0.0980. The van der Waals surface area contributed by atoms with Crippen LogP contribution in [0, 0.1) is 0 Å². The smallest absolute Gasteiger partial charge is 0.0934 e. The van der Waals surface area contributed by atoms with E-state index in [-0.39, 0.29) is 18.7 Å². The Morgan fingerprint density at radius 2 is 2.27 bits per heavy atom. The van der Waals surface area contributed by atoms with Crippen LogP contribution in [0.4, 0.5) is 0 Å². The zero-order chi connectivity index (χ0) is 18.3. The number of piperidine rings is 1. The van der Waals surface area contributed by atoms with Gasteiger partial charge in [-0.25, -0.2) is 0 Å². The minimum atomic E-state index is -0.472.